The zero-order valence-electron chi connectivity index (χ0n) is 29.1. The molecule has 0 fully saturated rings. The van der Waals surface area contributed by atoms with Gasteiger partial charge in [-0.15, -0.1) is 0 Å². The number of hydrogen-bond donors (Lipinski definition) is 2. The first-order valence-electron chi connectivity index (χ1n) is 17.8. The second kappa shape index (κ2) is 33.0. The topological polar surface area (TPSA) is 102 Å². The molecule has 10 heteroatoms. The first-order chi connectivity index (χ1) is 21.7. The summed E-state index contributed by atoms with van der Waals surface area (Å²) in [6.45, 7) is 9.12. The van der Waals surface area contributed by atoms with E-state index in [4.69, 9.17) is 4.74 Å². The van der Waals surface area contributed by atoms with Gasteiger partial charge in [-0.25, -0.2) is 0 Å². The number of rotatable bonds is 32. The zero-order valence-corrected chi connectivity index (χ0v) is 31.5. The molecule has 0 aliphatic heterocycles. The fraction of sp³-hybridized carbons (Fsp3) is 0.886. The zero-order chi connectivity index (χ0) is 33.4. The number of hydrogen-bond acceptors (Lipinski definition) is 8. The van der Waals surface area contributed by atoms with Crippen molar-refractivity contribution < 1.29 is 23.9 Å². The van der Waals surface area contributed by atoms with Crippen LogP contribution >= 0.6 is 35.3 Å². The molecule has 0 radical (unpaired) electrons. The van der Waals surface area contributed by atoms with E-state index < -0.39 is 0 Å². The predicted octanol–water partition coefficient (Wildman–Crippen LogP) is 8.72. The molecule has 2 unspecified atom stereocenters. The van der Waals surface area contributed by atoms with Crippen molar-refractivity contribution in [1.82, 2.24) is 10.6 Å². The van der Waals surface area contributed by atoms with Gasteiger partial charge in [0.1, 0.15) is 0 Å². The molecule has 264 valence electrons. The Kier molecular flexibility index (Phi) is 32.4. The molecule has 0 bridgehead atoms. The van der Waals surface area contributed by atoms with Crippen LogP contribution in [-0.2, 0) is 23.9 Å². The summed E-state index contributed by atoms with van der Waals surface area (Å²) in [6.07, 6.45) is 22.6. The van der Waals surface area contributed by atoms with Crippen molar-refractivity contribution in [3.05, 3.63) is 0 Å². The fourth-order valence-corrected chi connectivity index (χ4v) is 8.27. The molecule has 2 amide bonds. The minimum absolute atomic E-state index is 0.0265. The van der Waals surface area contributed by atoms with Crippen LogP contribution in [0.1, 0.15) is 150 Å². The largest absolute Gasteiger partial charge is 0.466 e. The average Bonchev–Trinajstić information content (AvgIpc) is 2.98. The highest BCUT2D eigenvalue weighted by Crippen LogP contribution is 2.27. The molecule has 0 aromatic carbocycles. The maximum atomic E-state index is 12.7. The summed E-state index contributed by atoms with van der Waals surface area (Å²) in [4.78, 5) is 47.1. The molecule has 0 heterocycles. The molecular weight excluding hydrogens is 625 g/mol. The number of nitrogens with one attached hydrogen (secondary N) is 2. The highest BCUT2D eigenvalue weighted by molar-refractivity contribution is 8.13. The molecule has 2 N–H and O–H groups in total. The van der Waals surface area contributed by atoms with Crippen LogP contribution in [0.5, 0.6) is 0 Å². The lowest BCUT2D eigenvalue weighted by molar-refractivity contribution is -0.143. The van der Waals surface area contributed by atoms with Crippen molar-refractivity contribution in [3.8, 4) is 0 Å². The molecule has 0 aromatic heterocycles. The Morgan fingerprint density at radius 3 is 1.60 bits per heavy atom. The molecule has 0 spiro atoms. The Morgan fingerprint density at radius 2 is 1.11 bits per heavy atom. The van der Waals surface area contributed by atoms with Gasteiger partial charge in [0.25, 0.3) is 0 Å². The minimum atomic E-state index is -0.221. The van der Waals surface area contributed by atoms with E-state index in [2.05, 4.69) is 24.5 Å². The van der Waals surface area contributed by atoms with Gasteiger partial charge in [-0.2, -0.15) is 23.5 Å². The lowest BCUT2D eigenvalue weighted by Gasteiger charge is -2.20. The van der Waals surface area contributed by atoms with E-state index in [1.807, 2.05) is 0 Å². The average molecular weight is 691 g/mol. The second-order valence-corrected chi connectivity index (χ2v) is 16.2. The van der Waals surface area contributed by atoms with Crippen LogP contribution in [0.25, 0.3) is 0 Å². The molecule has 7 nitrogen and oxygen atoms in total. The monoisotopic (exact) mass is 690 g/mol. The van der Waals surface area contributed by atoms with Crippen LogP contribution in [-0.4, -0.2) is 70.4 Å². The predicted molar refractivity (Wildman–Crippen MR) is 197 cm³/mol. The van der Waals surface area contributed by atoms with Crippen molar-refractivity contribution >= 4 is 58.2 Å². The smallest absolute Gasteiger partial charge is 0.306 e. The van der Waals surface area contributed by atoms with E-state index in [0.29, 0.717) is 37.1 Å². The summed E-state index contributed by atoms with van der Waals surface area (Å²) < 4.78 is 5.39. The molecule has 45 heavy (non-hydrogen) atoms. The Balaban J connectivity index is 3.89. The van der Waals surface area contributed by atoms with Crippen molar-refractivity contribution in [2.24, 2.45) is 0 Å². The Labute approximate surface area is 288 Å². The SMILES string of the molecule is CCCCCCCCCCCCCCCCCCOC(=O)CCSC(=O)CC(CC(C)SCCNC(C)=O)SCCNC(C)=O. The van der Waals surface area contributed by atoms with Crippen molar-refractivity contribution in [2.75, 3.05) is 37.0 Å². The van der Waals surface area contributed by atoms with Gasteiger partial charge in [0, 0.05) is 61.1 Å². The second-order valence-electron chi connectivity index (χ2n) is 12.1. The van der Waals surface area contributed by atoms with Gasteiger partial charge in [-0.3, -0.25) is 19.2 Å². The van der Waals surface area contributed by atoms with Crippen molar-refractivity contribution in [2.45, 2.75) is 160 Å². The number of esters is 1. The van der Waals surface area contributed by atoms with Crippen LogP contribution in [0.2, 0.25) is 0 Å². The minimum Gasteiger partial charge on any atom is -0.466 e. The molecule has 0 aliphatic rings. The van der Waals surface area contributed by atoms with Gasteiger partial charge in [0.2, 0.25) is 11.8 Å². The molecule has 0 saturated heterocycles. The summed E-state index contributed by atoms with van der Waals surface area (Å²) in [5.41, 5.74) is 0. The molecule has 0 aromatic rings. The molecule has 0 rings (SSSR count). The first kappa shape index (κ1) is 44.1. The number of amides is 2. The molecular formula is C35H66N2O5S3. The van der Waals surface area contributed by atoms with Crippen molar-refractivity contribution in [3.63, 3.8) is 0 Å². The van der Waals surface area contributed by atoms with Gasteiger partial charge >= 0.3 is 5.97 Å². The van der Waals surface area contributed by atoms with E-state index in [1.54, 1.807) is 23.5 Å². The summed E-state index contributed by atoms with van der Waals surface area (Å²) in [5, 5.41) is 6.20. The number of carbonyl (C=O) groups excluding carboxylic acids is 4. The van der Waals surface area contributed by atoms with Gasteiger partial charge in [0.05, 0.1) is 13.0 Å². The highest BCUT2D eigenvalue weighted by Gasteiger charge is 2.19. The van der Waals surface area contributed by atoms with Crippen LogP contribution in [0.15, 0.2) is 0 Å². The number of unbranched alkanes of at least 4 members (excludes halogenated alkanes) is 15. The third kappa shape index (κ3) is 34.3. The summed E-state index contributed by atoms with van der Waals surface area (Å²) >= 11 is 4.71. The maximum Gasteiger partial charge on any atom is 0.306 e. The highest BCUT2D eigenvalue weighted by atomic mass is 32.2. The lowest BCUT2D eigenvalue weighted by Crippen LogP contribution is -2.25. The Bertz CT molecular complexity index is 757. The summed E-state index contributed by atoms with van der Waals surface area (Å²) in [5.74, 6) is 1.72. The standard InChI is InChI=1S/C35H66N2O5S3/c1-5-6-7-8-9-10-11-12-13-14-15-16-17-18-19-20-24-42-34(40)21-25-45-35(41)29-33(44-27-23-37-32(4)39)28-30(2)43-26-22-36-31(3)38/h30,33H,5-29H2,1-4H3,(H,36,38)(H,37,39). The van der Waals surface area contributed by atoms with E-state index in [-0.39, 0.29) is 34.6 Å². The summed E-state index contributed by atoms with van der Waals surface area (Å²) in [6, 6.07) is 0. The maximum absolute atomic E-state index is 12.7. The number of thioether (sulfide) groups is 3. The lowest BCUT2D eigenvalue weighted by atomic mass is 10.0. The van der Waals surface area contributed by atoms with E-state index in [0.717, 1.165) is 30.8 Å². The van der Waals surface area contributed by atoms with Gasteiger partial charge in [-0.05, 0) is 12.8 Å². The number of carbonyl (C=O) groups is 4. The quantitative estimate of drug-likeness (QED) is 0.0534. The van der Waals surface area contributed by atoms with Crippen LogP contribution < -0.4 is 10.6 Å². The normalized spacial score (nSPS) is 12.4. The van der Waals surface area contributed by atoms with E-state index >= 15 is 0 Å². The third-order valence-corrected chi connectivity index (χ3v) is 10.9. The van der Waals surface area contributed by atoms with Gasteiger partial charge in [-0.1, -0.05) is 122 Å². The van der Waals surface area contributed by atoms with Crippen LogP contribution in [0.3, 0.4) is 0 Å². The summed E-state index contributed by atoms with van der Waals surface area (Å²) in [7, 11) is 0. The van der Waals surface area contributed by atoms with E-state index in [9.17, 15) is 19.2 Å². The van der Waals surface area contributed by atoms with Crippen LogP contribution in [0, 0.1) is 0 Å². The first-order valence-corrected chi connectivity index (χ1v) is 20.9. The van der Waals surface area contributed by atoms with Gasteiger partial charge in [0.15, 0.2) is 5.12 Å². The van der Waals surface area contributed by atoms with E-state index in [1.165, 1.54) is 116 Å². The third-order valence-electron chi connectivity index (χ3n) is 7.53. The molecule has 0 saturated carbocycles. The molecule has 0 aliphatic carbocycles. The molecule has 2 atom stereocenters. The Morgan fingerprint density at radius 1 is 0.644 bits per heavy atom. The Hall–Kier alpha value is -0.870. The van der Waals surface area contributed by atoms with Gasteiger partial charge < -0.3 is 15.4 Å². The van der Waals surface area contributed by atoms with Crippen molar-refractivity contribution in [1.29, 1.82) is 0 Å². The van der Waals surface area contributed by atoms with Crippen LogP contribution in [0.4, 0.5) is 0 Å². The number of ether oxygens (including phenoxy) is 1. The fourth-order valence-electron chi connectivity index (χ4n) is 4.99.